The molecule has 18 heavy (non-hydrogen) atoms. The quantitative estimate of drug-likeness (QED) is 0.834. The zero-order valence-corrected chi connectivity index (χ0v) is 11.6. The lowest BCUT2D eigenvalue weighted by atomic mass is 10.0. The minimum Gasteiger partial charge on any atom is -0.293 e. The number of carbonyl (C=O) groups excluding carboxylic acids is 1. The van der Waals surface area contributed by atoms with Crippen molar-refractivity contribution >= 4 is 16.6 Å². The van der Waals surface area contributed by atoms with Crippen molar-refractivity contribution in [3.05, 3.63) is 42.0 Å². The minimum atomic E-state index is -1.28. The molecule has 1 aliphatic carbocycles. The Kier molecular flexibility index (Phi) is 3.81. The zero-order valence-electron chi connectivity index (χ0n) is 10.8. The summed E-state index contributed by atoms with van der Waals surface area (Å²) < 4.78 is 11.8. The zero-order chi connectivity index (χ0) is 13.2. The van der Waals surface area contributed by atoms with Crippen LogP contribution in [0.15, 0.2) is 46.9 Å². The molecule has 0 aromatic heterocycles. The lowest BCUT2D eigenvalue weighted by Crippen LogP contribution is -2.37. The average Bonchev–Trinajstić information content (AvgIpc) is 2.69. The summed E-state index contributed by atoms with van der Waals surface area (Å²) in [5.41, 5.74) is 0.851. The highest BCUT2D eigenvalue weighted by atomic mass is 32.2. The first-order chi connectivity index (χ1) is 8.59. The van der Waals surface area contributed by atoms with Crippen LogP contribution in [0.2, 0.25) is 0 Å². The number of hydrogen-bond donors (Lipinski definition) is 0. The Hall–Kier alpha value is -1.22. The summed E-state index contributed by atoms with van der Waals surface area (Å²) in [4.78, 5) is 13.1. The van der Waals surface area contributed by atoms with E-state index in [9.17, 15) is 9.00 Å². The molecule has 2 rings (SSSR count). The van der Waals surface area contributed by atoms with Crippen molar-refractivity contribution in [3.63, 3.8) is 0 Å². The molecule has 96 valence electrons. The maximum Gasteiger partial charge on any atom is 0.177 e. The maximum atomic E-state index is 12.6. The molecule has 1 aromatic rings. The van der Waals surface area contributed by atoms with Crippen LogP contribution in [-0.2, 0) is 15.6 Å². The second-order valence-corrected chi connectivity index (χ2v) is 6.74. The topological polar surface area (TPSA) is 34.1 Å². The molecule has 0 heterocycles. The predicted molar refractivity (Wildman–Crippen MR) is 73.9 cm³/mol. The van der Waals surface area contributed by atoms with Crippen LogP contribution in [0.1, 0.15) is 33.1 Å². The number of benzene rings is 1. The van der Waals surface area contributed by atoms with Crippen LogP contribution in [0.5, 0.6) is 0 Å². The predicted octanol–water partition coefficient (Wildman–Crippen LogP) is 3.25. The standard InChI is InChI=1S/C15H18O2S/c1-3-7-12-10-11-15(2,14(12)16)18(17)13-8-5-4-6-9-13/h4-6,8-10H,3,7,11H2,1-2H3. The maximum absolute atomic E-state index is 12.6. The molecule has 0 N–H and O–H groups in total. The summed E-state index contributed by atoms with van der Waals surface area (Å²) >= 11 is 0. The molecule has 2 nitrogen and oxygen atoms in total. The van der Waals surface area contributed by atoms with Crippen LogP contribution >= 0.6 is 0 Å². The summed E-state index contributed by atoms with van der Waals surface area (Å²) in [7, 11) is -1.28. The molecule has 3 heteroatoms. The fourth-order valence-electron chi connectivity index (χ4n) is 2.29. The molecule has 1 aromatic carbocycles. The molecule has 0 aliphatic heterocycles. The van der Waals surface area contributed by atoms with Gasteiger partial charge in [-0.05, 0) is 37.5 Å². The Labute approximate surface area is 111 Å². The van der Waals surface area contributed by atoms with E-state index in [4.69, 9.17) is 0 Å². The first-order valence-electron chi connectivity index (χ1n) is 6.30. The van der Waals surface area contributed by atoms with Gasteiger partial charge in [0.25, 0.3) is 0 Å². The third-order valence-electron chi connectivity index (χ3n) is 3.40. The van der Waals surface area contributed by atoms with Crippen molar-refractivity contribution in [1.82, 2.24) is 0 Å². The van der Waals surface area contributed by atoms with E-state index in [0.717, 1.165) is 23.3 Å². The first-order valence-corrected chi connectivity index (χ1v) is 7.45. The SMILES string of the molecule is CCCC1=CCC(C)(S(=O)c2ccccc2)C1=O. The summed E-state index contributed by atoms with van der Waals surface area (Å²) in [5, 5.41) is 0. The lowest BCUT2D eigenvalue weighted by molar-refractivity contribution is -0.116. The number of allylic oxidation sites excluding steroid dienone is 2. The Morgan fingerprint density at radius 3 is 2.56 bits per heavy atom. The number of Topliss-reactive ketones (excluding diaryl/α,β-unsaturated/α-hetero) is 1. The smallest absolute Gasteiger partial charge is 0.177 e. The molecule has 1 aliphatic rings. The van der Waals surface area contributed by atoms with Crippen molar-refractivity contribution in [2.45, 2.75) is 42.8 Å². The third-order valence-corrected chi connectivity index (χ3v) is 5.27. The molecule has 0 fully saturated rings. The van der Waals surface area contributed by atoms with Gasteiger partial charge in [0.15, 0.2) is 5.78 Å². The number of carbonyl (C=O) groups is 1. The molecule has 0 saturated heterocycles. The van der Waals surface area contributed by atoms with Gasteiger partial charge in [-0.3, -0.25) is 9.00 Å². The molecule has 0 bridgehead atoms. The van der Waals surface area contributed by atoms with E-state index in [2.05, 4.69) is 6.92 Å². The van der Waals surface area contributed by atoms with Crippen LogP contribution in [0, 0.1) is 0 Å². The molecular weight excluding hydrogens is 244 g/mol. The Morgan fingerprint density at radius 1 is 1.28 bits per heavy atom. The number of hydrogen-bond acceptors (Lipinski definition) is 2. The van der Waals surface area contributed by atoms with Gasteiger partial charge in [0, 0.05) is 4.90 Å². The highest BCUT2D eigenvalue weighted by Crippen LogP contribution is 2.35. The summed E-state index contributed by atoms with van der Waals surface area (Å²) in [5.74, 6) is 0.0616. The molecule has 2 unspecified atom stereocenters. The third kappa shape index (κ3) is 2.19. The van der Waals surface area contributed by atoms with Gasteiger partial charge in [0.2, 0.25) is 0 Å². The van der Waals surface area contributed by atoms with E-state index in [1.165, 1.54) is 0 Å². The van der Waals surface area contributed by atoms with E-state index >= 15 is 0 Å². The minimum absolute atomic E-state index is 0.0616. The van der Waals surface area contributed by atoms with Gasteiger partial charge in [-0.25, -0.2) is 0 Å². The average molecular weight is 262 g/mol. The van der Waals surface area contributed by atoms with E-state index in [0.29, 0.717) is 6.42 Å². The Bertz CT molecular complexity index is 504. The molecule has 0 amide bonds. The number of ketones is 1. The van der Waals surface area contributed by atoms with Gasteiger partial charge in [0.05, 0.1) is 10.8 Å². The molecule has 2 atom stereocenters. The van der Waals surface area contributed by atoms with Crippen molar-refractivity contribution in [2.75, 3.05) is 0 Å². The lowest BCUT2D eigenvalue weighted by Gasteiger charge is -2.22. The van der Waals surface area contributed by atoms with E-state index in [1.54, 1.807) is 0 Å². The summed E-state index contributed by atoms with van der Waals surface area (Å²) in [6, 6.07) is 9.26. The van der Waals surface area contributed by atoms with Crippen LogP contribution in [-0.4, -0.2) is 14.7 Å². The Balaban J connectivity index is 2.25. The largest absolute Gasteiger partial charge is 0.293 e. The van der Waals surface area contributed by atoms with Gasteiger partial charge < -0.3 is 0 Å². The van der Waals surface area contributed by atoms with Crippen LogP contribution in [0.3, 0.4) is 0 Å². The fraction of sp³-hybridized carbons (Fsp3) is 0.400. The van der Waals surface area contributed by atoms with Crippen molar-refractivity contribution in [3.8, 4) is 0 Å². The van der Waals surface area contributed by atoms with Gasteiger partial charge in [-0.2, -0.15) is 0 Å². The van der Waals surface area contributed by atoms with Crippen LogP contribution in [0.4, 0.5) is 0 Å². The normalized spacial score (nSPS) is 25.0. The molecular formula is C15H18O2S. The first kappa shape index (κ1) is 13.2. The summed E-state index contributed by atoms with van der Waals surface area (Å²) in [6.07, 6.45) is 4.29. The monoisotopic (exact) mass is 262 g/mol. The molecule has 0 radical (unpaired) electrons. The van der Waals surface area contributed by atoms with Crippen LogP contribution < -0.4 is 0 Å². The van der Waals surface area contributed by atoms with Crippen molar-refractivity contribution in [2.24, 2.45) is 0 Å². The van der Waals surface area contributed by atoms with E-state index in [1.807, 2.05) is 43.3 Å². The van der Waals surface area contributed by atoms with Crippen molar-refractivity contribution in [1.29, 1.82) is 0 Å². The van der Waals surface area contributed by atoms with Crippen LogP contribution in [0.25, 0.3) is 0 Å². The van der Waals surface area contributed by atoms with Gasteiger partial charge >= 0.3 is 0 Å². The van der Waals surface area contributed by atoms with Gasteiger partial charge in [-0.15, -0.1) is 0 Å². The molecule has 0 spiro atoms. The number of rotatable bonds is 4. The highest BCUT2D eigenvalue weighted by Gasteiger charge is 2.44. The fourth-order valence-corrected chi connectivity index (χ4v) is 3.75. The van der Waals surface area contributed by atoms with Gasteiger partial charge in [-0.1, -0.05) is 37.6 Å². The second kappa shape index (κ2) is 5.19. The van der Waals surface area contributed by atoms with Gasteiger partial charge in [0.1, 0.15) is 4.75 Å². The van der Waals surface area contributed by atoms with E-state index in [-0.39, 0.29) is 5.78 Å². The summed E-state index contributed by atoms with van der Waals surface area (Å²) in [6.45, 7) is 3.87. The van der Waals surface area contributed by atoms with Crippen molar-refractivity contribution < 1.29 is 9.00 Å². The highest BCUT2D eigenvalue weighted by molar-refractivity contribution is 7.87. The second-order valence-electron chi connectivity index (χ2n) is 4.83. The molecule has 0 saturated carbocycles. The Morgan fingerprint density at radius 2 is 1.94 bits per heavy atom. The van der Waals surface area contributed by atoms with E-state index < -0.39 is 15.5 Å².